The van der Waals surface area contributed by atoms with Crippen LogP contribution in [0, 0.1) is 20.8 Å². The van der Waals surface area contributed by atoms with Crippen molar-refractivity contribution in [3.63, 3.8) is 0 Å². The zero-order valence-corrected chi connectivity index (χ0v) is 25.0. The highest BCUT2D eigenvalue weighted by molar-refractivity contribution is 7.92. The number of likely N-dealkylation sites (N-methyl/N-ethyl adjacent to an activating group) is 1. The molecular formula is C29H33Cl2N3O4S. The van der Waals surface area contributed by atoms with Crippen molar-refractivity contribution in [2.45, 2.75) is 52.1 Å². The lowest BCUT2D eigenvalue weighted by molar-refractivity contribution is -0.139. The maximum Gasteiger partial charge on any atom is 0.264 e. The molecule has 39 heavy (non-hydrogen) atoms. The molecule has 2 amide bonds. The Morgan fingerprint density at radius 1 is 0.923 bits per heavy atom. The number of sulfonamides is 1. The van der Waals surface area contributed by atoms with Crippen molar-refractivity contribution >= 4 is 50.7 Å². The molecular weight excluding hydrogens is 557 g/mol. The van der Waals surface area contributed by atoms with Gasteiger partial charge < -0.3 is 10.2 Å². The fourth-order valence-electron chi connectivity index (χ4n) is 3.98. The van der Waals surface area contributed by atoms with Crippen LogP contribution in [-0.4, -0.2) is 44.3 Å². The van der Waals surface area contributed by atoms with Gasteiger partial charge in [-0.1, -0.05) is 53.0 Å². The van der Waals surface area contributed by atoms with Gasteiger partial charge in [0.1, 0.15) is 12.6 Å². The van der Waals surface area contributed by atoms with Crippen LogP contribution < -0.4 is 9.62 Å². The van der Waals surface area contributed by atoms with Crippen LogP contribution in [0.1, 0.15) is 36.1 Å². The number of hydrogen-bond acceptors (Lipinski definition) is 4. The molecule has 0 aliphatic rings. The van der Waals surface area contributed by atoms with Crippen molar-refractivity contribution in [1.29, 1.82) is 0 Å². The first-order chi connectivity index (χ1) is 18.3. The van der Waals surface area contributed by atoms with Gasteiger partial charge in [-0.2, -0.15) is 0 Å². The van der Waals surface area contributed by atoms with Gasteiger partial charge in [0, 0.05) is 23.1 Å². The molecule has 1 atom stereocenters. The molecule has 0 aliphatic carbocycles. The summed E-state index contributed by atoms with van der Waals surface area (Å²) in [5, 5.41) is 3.50. The highest BCUT2D eigenvalue weighted by Crippen LogP contribution is 2.28. The van der Waals surface area contributed by atoms with Crippen LogP contribution in [0.4, 0.5) is 5.69 Å². The van der Waals surface area contributed by atoms with Crippen LogP contribution in [0.25, 0.3) is 0 Å². The van der Waals surface area contributed by atoms with Crippen LogP contribution in [0.2, 0.25) is 10.0 Å². The van der Waals surface area contributed by atoms with Crippen molar-refractivity contribution in [1.82, 2.24) is 10.2 Å². The minimum Gasteiger partial charge on any atom is -0.355 e. The smallest absolute Gasteiger partial charge is 0.264 e. The van der Waals surface area contributed by atoms with E-state index in [1.165, 1.54) is 17.0 Å². The predicted octanol–water partition coefficient (Wildman–Crippen LogP) is 5.67. The van der Waals surface area contributed by atoms with E-state index < -0.39 is 28.5 Å². The van der Waals surface area contributed by atoms with Gasteiger partial charge in [0.2, 0.25) is 11.8 Å². The van der Waals surface area contributed by atoms with Crippen molar-refractivity contribution in [3.8, 4) is 0 Å². The Labute approximate surface area is 240 Å². The van der Waals surface area contributed by atoms with Gasteiger partial charge in [-0.25, -0.2) is 8.42 Å². The van der Waals surface area contributed by atoms with Crippen molar-refractivity contribution in [2.24, 2.45) is 0 Å². The molecule has 0 heterocycles. The summed E-state index contributed by atoms with van der Waals surface area (Å²) in [6.07, 6.45) is 0. The second-order valence-corrected chi connectivity index (χ2v) is 12.1. The zero-order chi connectivity index (χ0) is 28.9. The van der Waals surface area contributed by atoms with Crippen LogP contribution >= 0.6 is 23.2 Å². The summed E-state index contributed by atoms with van der Waals surface area (Å²) < 4.78 is 28.9. The lowest BCUT2D eigenvalue weighted by Gasteiger charge is -2.32. The standard InChI is InChI=1S/C29H33Cl2N3O4S/c1-6-32-29(36)22(5)33(17-23-10-11-24(30)16-27(23)31)28(35)18-34(25-12-9-20(3)21(4)15-25)39(37,38)26-13-7-19(2)8-14-26/h7-16,22H,6,17-18H2,1-5H3,(H,32,36)/t22-/m0/s1. The summed E-state index contributed by atoms with van der Waals surface area (Å²) in [6.45, 7) is 8.89. The molecule has 0 saturated heterocycles. The Morgan fingerprint density at radius 2 is 1.59 bits per heavy atom. The van der Waals surface area contributed by atoms with E-state index in [2.05, 4.69) is 5.32 Å². The van der Waals surface area contributed by atoms with Gasteiger partial charge in [0.15, 0.2) is 0 Å². The van der Waals surface area contributed by atoms with Gasteiger partial charge in [-0.05, 0) is 87.7 Å². The molecule has 0 radical (unpaired) electrons. The Morgan fingerprint density at radius 3 is 2.18 bits per heavy atom. The summed E-state index contributed by atoms with van der Waals surface area (Å²) in [6, 6.07) is 15.7. The fraction of sp³-hybridized carbons (Fsp3) is 0.310. The number of anilines is 1. The summed E-state index contributed by atoms with van der Waals surface area (Å²) in [4.78, 5) is 28.1. The molecule has 3 rings (SSSR count). The summed E-state index contributed by atoms with van der Waals surface area (Å²) >= 11 is 12.4. The average molecular weight is 591 g/mol. The first-order valence-electron chi connectivity index (χ1n) is 12.5. The topological polar surface area (TPSA) is 86.8 Å². The monoisotopic (exact) mass is 589 g/mol. The molecule has 208 valence electrons. The number of carbonyl (C=O) groups is 2. The number of benzene rings is 3. The van der Waals surface area contributed by atoms with Crippen molar-refractivity contribution in [2.75, 3.05) is 17.4 Å². The van der Waals surface area contributed by atoms with E-state index in [1.807, 2.05) is 26.8 Å². The molecule has 0 aromatic heterocycles. The highest BCUT2D eigenvalue weighted by Gasteiger charge is 2.32. The number of carbonyl (C=O) groups excluding carboxylic acids is 2. The SMILES string of the molecule is CCNC(=O)[C@H](C)N(Cc1ccc(Cl)cc1Cl)C(=O)CN(c1ccc(C)c(C)c1)S(=O)(=O)c1ccc(C)cc1. The molecule has 1 N–H and O–H groups in total. The summed E-state index contributed by atoms with van der Waals surface area (Å²) in [7, 11) is -4.13. The summed E-state index contributed by atoms with van der Waals surface area (Å²) in [5.74, 6) is -0.927. The molecule has 0 aliphatic heterocycles. The van der Waals surface area contributed by atoms with Crippen molar-refractivity contribution < 1.29 is 18.0 Å². The third kappa shape index (κ3) is 7.32. The number of rotatable bonds is 10. The number of nitrogens with zero attached hydrogens (tertiary/aromatic N) is 2. The molecule has 10 heteroatoms. The number of nitrogens with one attached hydrogen (secondary N) is 1. The Kier molecular flexibility index (Phi) is 10.0. The molecule has 0 saturated carbocycles. The minimum absolute atomic E-state index is 0.0154. The third-order valence-electron chi connectivity index (χ3n) is 6.54. The van der Waals surface area contributed by atoms with E-state index in [0.29, 0.717) is 27.8 Å². The molecule has 3 aromatic carbocycles. The molecule has 0 fully saturated rings. The van der Waals surface area contributed by atoms with Gasteiger partial charge in [-0.3, -0.25) is 13.9 Å². The quantitative estimate of drug-likeness (QED) is 0.330. The second kappa shape index (κ2) is 12.9. The van der Waals surface area contributed by atoms with Crippen molar-refractivity contribution in [3.05, 3.63) is 93.0 Å². The van der Waals surface area contributed by atoms with Gasteiger partial charge in [0.05, 0.1) is 10.6 Å². The van der Waals surface area contributed by atoms with E-state index in [0.717, 1.165) is 21.0 Å². The summed E-state index contributed by atoms with van der Waals surface area (Å²) in [5.41, 5.74) is 3.70. The maximum absolute atomic E-state index is 13.9. The Balaban J connectivity index is 2.07. The maximum atomic E-state index is 13.9. The van der Waals surface area contributed by atoms with Crippen LogP contribution in [0.5, 0.6) is 0 Å². The number of hydrogen-bond donors (Lipinski definition) is 1. The van der Waals surface area contributed by atoms with E-state index in [4.69, 9.17) is 23.2 Å². The number of amides is 2. The van der Waals surface area contributed by atoms with Crippen LogP contribution in [0.3, 0.4) is 0 Å². The Hall–Kier alpha value is -3.07. The molecule has 0 bridgehead atoms. The minimum atomic E-state index is -4.13. The first-order valence-corrected chi connectivity index (χ1v) is 14.7. The predicted molar refractivity (Wildman–Crippen MR) is 157 cm³/mol. The Bertz CT molecular complexity index is 1460. The normalized spacial score (nSPS) is 12.1. The molecule has 0 spiro atoms. The number of aryl methyl sites for hydroxylation is 3. The van der Waals surface area contributed by atoms with Crippen LogP contribution in [-0.2, 0) is 26.2 Å². The van der Waals surface area contributed by atoms with Gasteiger partial charge in [0.25, 0.3) is 10.0 Å². The van der Waals surface area contributed by atoms with E-state index in [-0.39, 0.29) is 17.3 Å². The number of halogens is 2. The highest BCUT2D eigenvalue weighted by atomic mass is 35.5. The molecule has 3 aromatic rings. The van der Waals surface area contributed by atoms with Crippen LogP contribution in [0.15, 0.2) is 65.6 Å². The largest absolute Gasteiger partial charge is 0.355 e. The van der Waals surface area contributed by atoms with E-state index >= 15 is 0 Å². The van der Waals surface area contributed by atoms with Gasteiger partial charge in [-0.15, -0.1) is 0 Å². The van der Waals surface area contributed by atoms with E-state index in [1.54, 1.807) is 56.3 Å². The zero-order valence-electron chi connectivity index (χ0n) is 22.7. The lowest BCUT2D eigenvalue weighted by Crippen LogP contribution is -2.51. The third-order valence-corrected chi connectivity index (χ3v) is 8.92. The van der Waals surface area contributed by atoms with E-state index in [9.17, 15) is 18.0 Å². The fourth-order valence-corrected chi connectivity index (χ4v) is 5.86. The van der Waals surface area contributed by atoms with Gasteiger partial charge >= 0.3 is 0 Å². The average Bonchev–Trinajstić information content (AvgIpc) is 2.88. The first kappa shape index (κ1) is 30.5. The lowest BCUT2D eigenvalue weighted by atomic mass is 10.1. The molecule has 7 nitrogen and oxygen atoms in total. The second-order valence-electron chi connectivity index (χ2n) is 9.42. The molecule has 0 unspecified atom stereocenters.